The third kappa shape index (κ3) is 2.80. The van der Waals surface area contributed by atoms with Gasteiger partial charge >= 0.3 is 0 Å². The van der Waals surface area contributed by atoms with Crippen molar-refractivity contribution >= 4 is 28.6 Å². The van der Waals surface area contributed by atoms with Crippen LogP contribution in [0.25, 0.3) is 0 Å². The van der Waals surface area contributed by atoms with E-state index >= 15 is 0 Å². The zero-order valence-corrected chi connectivity index (χ0v) is 12.6. The van der Waals surface area contributed by atoms with Crippen LogP contribution in [0, 0.1) is 19.7 Å². The molecule has 0 radical (unpaired) electrons. The van der Waals surface area contributed by atoms with Crippen molar-refractivity contribution in [1.82, 2.24) is 0 Å². The molecule has 0 aliphatic rings. The zero-order valence-electron chi connectivity index (χ0n) is 11.8. The molecule has 2 aromatic rings. The quantitative estimate of drug-likeness (QED) is 0.870. The minimum atomic E-state index is -0.342. The molecule has 104 valence electrons. The van der Waals surface area contributed by atoms with E-state index in [-0.39, 0.29) is 10.8 Å². The molecule has 0 amide bonds. The largest absolute Gasteiger partial charge is 0.389 e. The summed E-state index contributed by atoms with van der Waals surface area (Å²) < 4.78 is 13.4. The first-order valence-corrected chi connectivity index (χ1v) is 6.71. The lowest BCUT2D eigenvalue weighted by atomic mass is 10.1. The Kier molecular flexibility index (Phi) is 4.04. The van der Waals surface area contributed by atoms with Crippen LogP contribution in [0.2, 0.25) is 0 Å². The summed E-state index contributed by atoms with van der Waals surface area (Å²) in [6, 6.07) is 10.7. The predicted octanol–water partition coefficient (Wildman–Crippen LogP) is 3.84. The zero-order chi connectivity index (χ0) is 14.9. The lowest BCUT2D eigenvalue weighted by molar-refractivity contribution is 0.627. The van der Waals surface area contributed by atoms with Crippen molar-refractivity contribution in [2.24, 2.45) is 5.73 Å². The number of hydrogen-bond donors (Lipinski definition) is 1. The van der Waals surface area contributed by atoms with E-state index in [1.54, 1.807) is 6.07 Å². The smallest absolute Gasteiger partial charge is 0.124 e. The Morgan fingerprint density at radius 1 is 1.10 bits per heavy atom. The van der Waals surface area contributed by atoms with E-state index in [0.29, 0.717) is 5.56 Å². The predicted molar refractivity (Wildman–Crippen MR) is 86.3 cm³/mol. The first-order chi connectivity index (χ1) is 9.40. The van der Waals surface area contributed by atoms with Crippen molar-refractivity contribution in [3.05, 3.63) is 58.9 Å². The molecule has 0 atom stereocenters. The van der Waals surface area contributed by atoms with Gasteiger partial charge in [-0.1, -0.05) is 29.9 Å². The van der Waals surface area contributed by atoms with Crippen molar-refractivity contribution in [2.75, 3.05) is 11.9 Å². The highest BCUT2D eigenvalue weighted by molar-refractivity contribution is 7.80. The molecular weight excluding hydrogens is 271 g/mol. The maximum Gasteiger partial charge on any atom is 0.124 e. The minimum absolute atomic E-state index is 0.191. The van der Waals surface area contributed by atoms with E-state index in [0.717, 1.165) is 16.9 Å². The average Bonchev–Trinajstić information content (AvgIpc) is 2.37. The fourth-order valence-electron chi connectivity index (χ4n) is 2.31. The van der Waals surface area contributed by atoms with Crippen LogP contribution in [0.5, 0.6) is 0 Å². The molecule has 0 unspecified atom stereocenters. The number of benzene rings is 2. The molecule has 2 nitrogen and oxygen atoms in total. The number of nitrogens with zero attached hydrogens (tertiary/aromatic N) is 1. The number of aryl methyl sites for hydroxylation is 2. The second-order valence-electron chi connectivity index (χ2n) is 4.87. The molecule has 2 rings (SSSR count). The molecule has 4 heteroatoms. The van der Waals surface area contributed by atoms with Crippen LogP contribution in [0.1, 0.15) is 16.7 Å². The number of hydrogen-bond acceptors (Lipinski definition) is 2. The maximum absolute atomic E-state index is 13.4. The van der Waals surface area contributed by atoms with Gasteiger partial charge in [-0.3, -0.25) is 0 Å². The van der Waals surface area contributed by atoms with Crippen molar-refractivity contribution in [3.8, 4) is 0 Å². The number of halogens is 1. The fourth-order valence-corrected chi connectivity index (χ4v) is 2.47. The molecule has 0 aromatic heterocycles. The van der Waals surface area contributed by atoms with Crippen LogP contribution in [0.4, 0.5) is 15.8 Å². The van der Waals surface area contributed by atoms with Crippen LogP contribution < -0.4 is 10.6 Å². The second kappa shape index (κ2) is 5.59. The molecule has 0 aliphatic carbocycles. The van der Waals surface area contributed by atoms with Crippen LogP contribution >= 0.6 is 12.2 Å². The van der Waals surface area contributed by atoms with Gasteiger partial charge in [-0.05, 0) is 43.7 Å². The summed E-state index contributed by atoms with van der Waals surface area (Å²) in [6.45, 7) is 4.10. The number of rotatable bonds is 3. The third-order valence-corrected chi connectivity index (χ3v) is 3.52. The molecule has 0 saturated carbocycles. The Labute approximate surface area is 124 Å². The summed E-state index contributed by atoms with van der Waals surface area (Å²) in [5.41, 5.74) is 10.4. The number of nitrogens with two attached hydrogens (primary N) is 1. The number of thiocarbonyl (C=S) groups is 1. The SMILES string of the molecule is Cc1ccc(N(C)c2ccc(F)cc2C(N)=S)c(C)c1. The Bertz CT molecular complexity index is 668. The summed E-state index contributed by atoms with van der Waals surface area (Å²) in [5.74, 6) is -0.342. The van der Waals surface area contributed by atoms with E-state index in [1.807, 2.05) is 31.0 Å². The topological polar surface area (TPSA) is 29.3 Å². The van der Waals surface area contributed by atoms with Crippen LogP contribution in [-0.2, 0) is 0 Å². The molecule has 2 N–H and O–H groups in total. The van der Waals surface area contributed by atoms with Gasteiger partial charge < -0.3 is 10.6 Å². The van der Waals surface area contributed by atoms with Crippen molar-refractivity contribution < 1.29 is 4.39 Å². The first-order valence-electron chi connectivity index (χ1n) is 6.30. The Hall–Kier alpha value is -1.94. The standard InChI is InChI=1S/C16H17FN2S/c1-10-4-6-14(11(2)8-10)19(3)15-7-5-12(17)9-13(15)16(18)20/h4-9H,1-3H3,(H2,18,20). The van der Waals surface area contributed by atoms with Gasteiger partial charge in [0.1, 0.15) is 10.8 Å². The molecule has 0 spiro atoms. The molecule has 0 aliphatic heterocycles. The Morgan fingerprint density at radius 3 is 2.35 bits per heavy atom. The van der Waals surface area contributed by atoms with Gasteiger partial charge in [0, 0.05) is 18.3 Å². The summed E-state index contributed by atoms with van der Waals surface area (Å²) in [5, 5.41) is 0. The van der Waals surface area contributed by atoms with Gasteiger partial charge in [-0.2, -0.15) is 0 Å². The van der Waals surface area contributed by atoms with E-state index in [4.69, 9.17) is 18.0 Å². The third-order valence-electron chi connectivity index (χ3n) is 3.30. The average molecular weight is 288 g/mol. The van der Waals surface area contributed by atoms with Gasteiger partial charge in [0.15, 0.2) is 0 Å². The summed E-state index contributed by atoms with van der Waals surface area (Å²) in [6.07, 6.45) is 0. The van der Waals surface area contributed by atoms with E-state index in [2.05, 4.69) is 13.0 Å². The molecule has 0 bridgehead atoms. The second-order valence-corrected chi connectivity index (χ2v) is 5.31. The Morgan fingerprint density at radius 2 is 1.75 bits per heavy atom. The summed E-state index contributed by atoms with van der Waals surface area (Å²) in [7, 11) is 1.92. The summed E-state index contributed by atoms with van der Waals surface area (Å²) >= 11 is 5.02. The van der Waals surface area contributed by atoms with E-state index in [1.165, 1.54) is 17.7 Å². The highest BCUT2D eigenvalue weighted by Crippen LogP contribution is 2.30. The molecule has 0 saturated heterocycles. The van der Waals surface area contributed by atoms with Crippen LogP contribution in [0.3, 0.4) is 0 Å². The van der Waals surface area contributed by atoms with E-state index < -0.39 is 0 Å². The molecular formula is C16H17FN2S. The van der Waals surface area contributed by atoms with Gasteiger partial charge in [-0.25, -0.2) is 4.39 Å². The fraction of sp³-hybridized carbons (Fsp3) is 0.188. The van der Waals surface area contributed by atoms with E-state index in [9.17, 15) is 4.39 Å². The highest BCUT2D eigenvalue weighted by Gasteiger charge is 2.13. The number of anilines is 2. The first kappa shape index (κ1) is 14.5. The van der Waals surface area contributed by atoms with Crippen molar-refractivity contribution in [1.29, 1.82) is 0 Å². The van der Waals surface area contributed by atoms with Crippen molar-refractivity contribution in [3.63, 3.8) is 0 Å². The van der Waals surface area contributed by atoms with Gasteiger partial charge in [-0.15, -0.1) is 0 Å². The molecule has 2 aromatic carbocycles. The van der Waals surface area contributed by atoms with Gasteiger partial charge in [0.25, 0.3) is 0 Å². The minimum Gasteiger partial charge on any atom is -0.389 e. The van der Waals surface area contributed by atoms with Crippen LogP contribution in [0.15, 0.2) is 36.4 Å². The lowest BCUT2D eigenvalue weighted by Gasteiger charge is -2.24. The van der Waals surface area contributed by atoms with Gasteiger partial charge in [0.2, 0.25) is 0 Å². The molecule has 20 heavy (non-hydrogen) atoms. The maximum atomic E-state index is 13.4. The van der Waals surface area contributed by atoms with Gasteiger partial charge in [0.05, 0.1) is 5.69 Å². The van der Waals surface area contributed by atoms with Crippen molar-refractivity contribution in [2.45, 2.75) is 13.8 Å². The Balaban J connectivity index is 2.53. The van der Waals surface area contributed by atoms with Crippen LogP contribution in [-0.4, -0.2) is 12.0 Å². The summed E-state index contributed by atoms with van der Waals surface area (Å²) in [4.78, 5) is 2.17. The normalized spacial score (nSPS) is 10.4. The highest BCUT2D eigenvalue weighted by atomic mass is 32.1. The molecule has 0 fully saturated rings. The monoisotopic (exact) mass is 288 g/mol. The lowest BCUT2D eigenvalue weighted by Crippen LogP contribution is -2.18. The molecule has 0 heterocycles.